The predicted molar refractivity (Wildman–Crippen MR) is 279 cm³/mol. The number of carbonyl (C=O) groups excluding carboxylic acids is 3. The van der Waals surface area contributed by atoms with Crippen LogP contribution in [0.25, 0.3) is 11.2 Å². The van der Waals surface area contributed by atoms with Crippen LogP contribution in [0.15, 0.2) is 54.3 Å². The van der Waals surface area contributed by atoms with Gasteiger partial charge in [0.1, 0.15) is 11.9 Å². The highest BCUT2D eigenvalue weighted by molar-refractivity contribution is 7.99. The van der Waals surface area contributed by atoms with Crippen molar-refractivity contribution in [2.75, 3.05) is 47.2 Å². The van der Waals surface area contributed by atoms with Gasteiger partial charge in [0.25, 0.3) is 11.8 Å². The summed E-state index contributed by atoms with van der Waals surface area (Å²) in [7, 11) is 1.89. The molecule has 0 aliphatic heterocycles. The van der Waals surface area contributed by atoms with Gasteiger partial charge in [-0.2, -0.15) is 23.5 Å². The molecule has 2 heterocycles. The first-order chi connectivity index (χ1) is 33.8. The summed E-state index contributed by atoms with van der Waals surface area (Å²) in [6.45, 7) is 8.11. The molecule has 0 bridgehead atoms. The first-order valence-corrected chi connectivity index (χ1v) is 27.7. The lowest BCUT2D eigenvalue weighted by molar-refractivity contribution is -0.219. The molecule has 0 radical (unpaired) electrons. The van der Waals surface area contributed by atoms with Crippen LogP contribution in [-0.2, 0) is 20.9 Å². The van der Waals surface area contributed by atoms with E-state index in [2.05, 4.69) is 30.6 Å². The maximum Gasteiger partial charge on any atom is 0.326 e. The van der Waals surface area contributed by atoms with Crippen molar-refractivity contribution in [3.05, 3.63) is 71.3 Å². The summed E-state index contributed by atoms with van der Waals surface area (Å²) in [6, 6.07) is 5.98. The highest BCUT2D eigenvalue weighted by atomic mass is 32.2. The number of thioether (sulfide) groups is 2. The monoisotopic (exact) mass is 1020 g/mol. The van der Waals surface area contributed by atoms with Crippen molar-refractivity contribution in [2.24, 2.45) is 28.6 Å². The molecule has 9 atom stereocenters. The molecule has 2 amide bonds. The van der Waals surface area contributed by atoms with Crippen LogP contribution in [0.3, 0.4) is 0 Å². The molecule has 0 spiro atoms. The number of carboxylic acid groups (broad SMARTS) is 1. The van der Waals surface area contributed by atoms with Gasteiger partial charge in [0.05, 0.1) is 24.5 Å². The fourth-order valence-corrected chi connectivity index (χ4v) is 14.0. The molecule has 386 valence electrons. The Hall–Kier alpha value is -4.65. The number of allylic oxidation sites excluding steroid dienone is 4. The van der Waals surface area contributed by atoms with E-state index in [1.54, 1.807) is 73.9 Å². The number of nitrogens with one attached hydrogen (secondary N) is 2. The van der Waals surface area contributed by atoms with Crippen LogP contribution < -0.4 is 21.3 Å². The van der Waals surface area contributed by atoms with E-state index in [9.17, 15) is 34.5 Å². The number of hydrogen-bond acceptors (Lipinski definition) is 14. The summed E-state index contributed by atoms with van der Waals surface area (Å²) in [4.78, 5) is 70.3. The molecule has 3 fully saturated rings. The second-order valence-corrected chi connectivity index (χ2v) is 23.2. The number of benzene rings is 1. The first kappa shape index (κ1) is 54.1. The zero-order valence-corrected chi connectivity index (χ0v) is 43.6. The molecule has 7 rings (SSSR count). The zero-order valence-electron chi connectivity index (χ0n) is 41.9. The number of amides is 2. The van der Waals surface area contributed by atoms with E-state index in [-0.39, 0.29) is 23.9 Å². The van der Waals surface area contributed by atoms with Crippen LogP contribution in [0.1, 0.15) is 126 Å². The quantitative estimate of drug-likeness (QED) is 0.0475. The van der Waals surface area contributed by atoms with Gasteiger partial charge in [-0.25, -0.2) is 29.1 Å². The molecule has 0 saturated heterocycles. The third-order valence-electron chi connectivity index (χ3n) is 16.1. The Morgan fingerprint density at radius 3 is 2.30 bits per heavy atom. The Kier molecular flexibility index (Phi) is 17.6. The summed E-state index contributed by atoms with van der Waals surface area (Å²) in [5.74, 6) is 0.777. The van der Waals surface area contributed by atoms with E-state index in [0.717, 1.165) is 55.1 Å². The van der Waals surface area contributed by atoms with Crippen LogP contribution in [0.2, 0.25) is 0 Å². The van der Waals surface area contributed by atoms with Gasteiger partial charge in [0.2, 0.25) is 0 Å². The van der Waals surface area contributed by atoms with Gasteiger partial charge in [0.15, 0.2) is 34.0 Å². The van der Waals surface area contributed by atoms with Gasteiger partial charge in [-0.1, -0.05) is 64.0 Å². The number of carbonyl (C=O) groups is 4. The molecule has 1 aromatic carbocycles. The van der Waals surface area contributed by atoms with E-state index >= 15 is 4.39 Å². The summed E-state index contributed by atoms with van der Waals surface area (Å²) in [6.07, 6.45) is 15.7. The lowest BCUT2D eigenvalue weighted by Crippen LogP contribution is -2.70. The van der Waals surface area contributed by atoms with Crippen LogP contribution in [0, 0.1) is 35.5 Å². The minimum atomic E-state index is -2.00. The number of aromatic nitrogens is 4. The van der Waals surface area contributed by atoms with E-state index in [4.69, 9.17) is 5.73 Å². The minimum Gasteiger partial charge on any atom is -0.480 e. The number of halogens is 1. The molecule has 4 aliphatic rings. The number of nitrogens with two attached hydrogens (primary N) is 1. The SMILES string of the molecule is Cc1nc(N)c2nc(CN(C)c3ccc(C(=O)N[C@@H](CCSCCCCCCCCCCSCCNC(=O)[C@@]4(O)[C@H](C)C[C@H]5C6CCC7=CC(=O)C=C[C@]7(C)[C@@]6(F)[C@@H](O)C[C@@]54C)C(=O)O)cc3)cnc2n1. The average molecular weight is 1020 g/mol. The Balaban J connectivity index is 0.706. The number of nitrogen functional groups attached to an aromatic ring is 1. The molecule has 71 heavy (non-hydrogen) atoms. The van der Waals surface area contributed by atoms with Gasteiger partial charge >= 0.3 is 5.97 Å². The molecule has 2 aromatic heterocycles. The number of ketones is 1. The molecular weight excluding hydrogens is 944 g/mol. The zero-order chi connectivity index (χ0) is 51.1. The second-order valence-electron chi connectivity index (χ2n) is 20.7. The standard InChI is InChI=1S/C53H73FN8O7S2/c1-33-28-41-40-19-16-36-29-39(63)20-22-50(36,3)52(40,54)43(64)30-51(41,4)53(33,69)49(68)56-23-27-71-25-13-11-9-7-6-8-10-12-24-70-26-21-42(48(66)67)61-47(65)35-14-17-38(18-15-35)62(5)32-37-31-57-46-44(60-37)45(55)58-34(2)59-46/h14-15,17-18,20,22,29,31,33,40-43,64,69H,6-13,16,19,21,23-28,30,32H2,1-5H3,(H,56,68)(H,61,65)(H,66,67)(H2,55,57,58,59)/t33-,40?,41+,42+,43+,50+,51+,52+,53+/m1/s1. The Labute approximate surface area is 425 Å². The summed E-state index contributed by atoms with van der Waals surface area (Å²) in [5.41, 5.74) is 3.69. The molecule has 15 nitrogen and oxygen atoms in total. The van der Waals surface area contributed by atoms with Crippen LogP contribution in [0.5, 0.6) is 0 Å². The van der Waals surface area contributed by atoms with E-state index in [0.29, 0.717) is 78.3 Å². The van der Waals surface area contributed by atoms with E-state index in [1.165, 1.54) is 31.4 Å². The lowest BCUT2D eigenvalue weighted by atomic mass is 9.44. The number of aliphatic hydroxyl groups is 2. The Morgan fingerprint density at radius 2 is 1.62 bits per heavy atom. The lowest BCUT2D eigenvalue weighted by Gasteiger charge is -2.62. The Morgan fingerprint density at radius 1 is 0.958 bits per heavy atom. The number of anilines is 2. The topological polar surface area (TPSA) is 234 Å². The van der Waals surface area contributed by atoms with E-state index < -0.39 is 63.9 Å². The van der Waals surface area contributed by atoms with Crippen LogP contribution >= 0.6 is 23.5 Å². The normalized spacial score (nSPS) is 28.1. The largest absolute Gasteiger partial charge is 0.480 e. The number of alkyl halides is 1. The number of aliphatic carboxylic acids is 1. The minimum absolute atomic E-state index is 0.0304. The third kappa shape index (κ3) is 11.3. The molecule has 4 aliphatic carbocycles. The number of aryl methyl sites for hydroxylation is 1. The number of aliphatic hydroxyl groups excluding tert-OH is 1. The van der Waals surface area contributed by atoms with Gasteiger partial charge in [-0.3, -0.25) is 14.4 Å². The van der Waals surface area contributed by atoms with Crippen LogP contribution in [-0.4, -0.2) is 119 Å². The van der Waals surface area contributed by atoms with Crippen molar-refractivity contribution < 1.29 is 38.9 Å². The van der Waals surface area contributed by atoms with Crippen molar-refractivity contribution in [1.82, 2.24) is 30.6 Å². The van der Waals surface area contributed by atoms with Crippen molar-refractivity contribution in [1.29, 1.82) is 0 Å². The van der Waals surface area contributed by atoms with Gasteiger partial charge in [0, 0.05) is 47.3 Å². The number of carboxylic acids is 1. The van der Waals surface area contributed by atoms with Crippen molar-refractivity contribution in [3.63, 3.8) is 0 Å². The first-order valence-electron chi connectivity index (χ1n) is 25.4. The van der Waals surface area contributed by atoms with Crippen molar-refractivity contribution >= 4 is 69.8 Å². The number of hydrogen-bond donors (Lipinski definition) is 6. The molecule has 18 heteroatoms. The Bertz CT molecular complexity index is 2480. The second kappa shape index (κ2) is 23.1. The van der Waals surface area contributed by atoms with Crippen LogP contribution in [0.4, 0.5) is 15.9 Å². The maximum absolute atomic E-state index is 17.5. The number of unbranched alkanes of at least 4 members (excludes halogenated alkanes) is 7. The molecule has 7 N–H and O–H groups in total. The number of fused-ring (bicyclic) bond motifs is 6. The third-order valence-corrected chi connectivity index (χ3v) is 18.3. The fraction of sp³-hybridized carbons (Fsp3) is 0.623. The van der Waals surface area contributed by atoms with Crippen molar-refractivity contribution in [2.45, 2.75) is 141 Å². The van der Waals surface area contributed by atoms with Gasteiger partial charge in [-0.05, 0) is 124 Å². The summed E-state index contributed by atoms with van der Waals surface area (Å²) < 4.78 is 17.5. The van der Waals surface area contributed by atoms with Crippen molar-refractivity contribution in [3.8, 4) is 0 Å². The molecule has 1 unspecified atom stereocenters. The number of nitrogens with zero attached hydrogens (tertiary/aromatic N) is 5. The highest BCUT2D eigenvalue weighted by Gasteiger charge is 2.75. The molecular formula is C53H73FN8O7S2. The number of rotatable bonds is 24. The smallest absolute Gasteiger partial charge is 0.326 e. The molecule has 3 saturated carbocycles. The highest BCUT2D eigenvalue weighted by Crippen LogP contribution is 2.70. The summed E-state index contributed by atoms with van der Waals surface area (Å²) >= 11 is 3.50. The molecule has 3 aromatic rings. The predicted octanol–water partition coefficient (Wildman–Crippen LogP) is 7.57. The van der Waals surface area contributed by atoms with Gasteiger partial charge in [-0.15, -0.1) is 0 Å². The average Bonchev–Trinajstić information content (AvgIpc) is 3.53. The summed E-state index contributed by atoms with van der Waals surface area (Å²) in [5, 5.41) is 39.3. The van der Waals surface area contributed by atoms with E-state index in [1.807, 2.05) is 25.8 Å². The van der Waals surface area contributed by atoms with Gasteiger partial charge < -0.3 is 36.6 Å². The fourth-order valence-electron chi connectivity index (χ4n) is 12.1. The maximum atomic E-state index is 17.5.